The Hall–Kier alpha value is -1.16. The van der Waals surface area contributed by atoms with Crippen molar-refractivity contribution in [3.8, 4) is 0 Å². The van der Waals surface area contributed by atoms with Crippen LogP contribution in [-0.4, -0.2) is 28.4 Å². The highest BCUT2D eigenvalue weighted by Crippen LogP contribution is 2.15. The molecule has 1 fully saturated rings. The zero-order valence-electron chi connectivity index (χ0n) is 8.49. The molecule has 0 saturated carbocycles. The van der Waals surface area contributed by atoms with Crippen LogP contribution in [0.15, 0.2) is 6.07 Å². The normalized spacial score (nSPS) is 21.4. The highest BCUT2D eigenvalue weighted by atomic mass is 16.5. The number of aromatic nitrogens is 2. The van der Waals surface area contributed by atoms with E-state index in [1.807, 2.05) is 19.9 Å². The molecular formula is C10H14N2O2. The lowest BCUT2D eigenvalue weighted by Crippen LogP contribution is -2.27. The van der Waals surface area contributed by atoms with Gasteiger partial charge in [-0.05, 0) is 32.8 Å². The number of hydrogen-bond acceptors (Lipinski definition) is 3. The van der Waals surface area contributed by atoms with Gasteiger partial charge in [-0.2, -0.15) is 5.10 Å². The van der Waals surface area contributed by atoms with Crippen molar-refractivity contribution in [2.24, 2.45) is 0 Å². The van der Waals surface area contributed by atoms with Gasteiger partial charge in [0.05, 0.1) is 5.69 Å². The van der Waals surface area contributed by atoms with E-state index in [-0.39, 0.29) is 12.0 Å². The molecule has 1 aromatic heterocycles. The van der Waals surface area contributed by atoms with Crippen molar-refractivity contribution in [3.63, 3.8) is 0 Å². The highest BCUT2D eigenvalue weighted by Gasteiger charge is 2.26. The minimum absolute atomic E-state index is 0.0342. The minimum atomic E-state index is -0.284. The van der Waals surface area contributed by atoms with Crippen LogP contribution in [0.1, 0.15) is 29.0 Å². The summed E-state index contributed by atoms with van der Waals surface area (Å²) >= 11 is 0. The van der Waals surface area contributed by atoms with Gasteiger partial charge in [-0.25, -0.2) is 4.68 Å². The summed E-state index contributed by atoms with van der Waals surface area (Å²) in [6, 6.07) is 1.90. The molecule has 1 atom stereocenters. The predicted molar refractivity (Wildman–Crippen MR) is 51.3 cm³/mol. The van der Waals surface area contributed by atoms with Crippen molar-refractivity contribution in [2.45, 2.75) is 32.8 Å². The molecule has 1 aromatic rings. The van der Waals surface area contributed by atoms with Crippen molar-refractivity contribution in [1.29, 1.82) is 0 Å². The van der Waals surface area contributed by atoms with Crippen LogP contribution in [0.2, 0.25) is 0 Å². The number of rotatable bonds is 1. The highest BCUT2D eigenvalue weighted by molar-refractivity contribution is 5.83. The Morgan fingerprint density at radius 2 is 2.43 bits per heavy atom. The molecule has 1 unspecified atom stereocenters. The molecule has 0 bridgehead atoms. The average molecular weight is 194 g/mol. The zero-order valence-corrected chi connectivity index (χ0v) is 8.49. The van der Waals surface area contributed by atoms with Gasteiger partial charge in [-0.1, -0.05) is 0 Å². The molecule has 0 N–H and O–H groups in total. The van der Waals surface area contributed by atoms with Gasteiger partial charge in [0, 0.05) is 12.3 Å². The maximum atomic E-state index is 11.9. The summed E-state index contributed by atoms with van der Waals surface area (Å²) in [5.74, 6) is -0.0342. The molecule has 2 rings (SSSR count). The summed E-state index contributed by atoms with van der Waals surface area (Å²) in [6.45, 7) is 4.45. The summed E-state index contributed by atoms with van der Waals surface area (Å²) in [5, 5.41) is 4.14. The maximum Gasteiger partial charge on any atom is 0.276 e. The molecule has 1 saturated heterocycles. The first-order valence-corrected chi connectivity index (χ1v) is 4.87. The zero-order chi connectivity index (χ0) is 10.1. The number of aryl methyl sites for hydroxylation is 2. The van der Waals surface area contributed by atoms with Crippen molar-refractivity contribution < 1.29 is 9.53 Å². The standard InChI is InChI=1S/C10H14N2O2/c1-7-6-8(2)12(11-7)10(13)9-4-3-5-14-9/h6,9H,3-5H2,1-2H3. The molecule has 0 aliphatic carbocycles. The number of nitrogens with zero attached hydrogens (tertiary/aromatic N) is 2. The lowest BCUT2D eigenvalue weighted by molar-refractivity contribution is 0.0535. The van der Waals surface area contributed by atoms with E-state index < -0.39 is 0 Å². The molecule has 0 spiro atoms. The lowest BCUT2D eigenvalue weighted by atomic mass is 10.2. The van der Waals surface area contributed by atoms with Crippen LogP contribution in [-0.2, 0) is 4.74 Å². The summed E-state index contributed by atoms with van der Waals surface area (Å²) in [5.41, 5.74) is 1.75. The number of ether oxygens (including phenoxy) is 1. The Kier molecular flexibility index (Phi) is 2.37. The van der Waals surface area contributed by atoms with Crippen LogP contribution in [0.4, 0.5) is 0 Å². The summed E-state index contributed by atoms with van der Waals surface area (Å²) in [7, 11) is 0. The predicted octanol–water partition coefficient (Wildman–Crippen LogP) is 1.32. The fraction of sp³-hybridized carbons (Fsp3) is 0.600. The van der Waals surface area contributed by atoms with Gasteiger partial charge in [0.15, 0.2) is 0 Å². The van der Waals surface area contributed by atoms with E-state index in [9.17, 15) is 4.79 Å². The van der Waals surface area contributed by atoms with Gasteiger partial charge >= 0.3 is 0 Å². The Labute approximate surface area is 82.9 Å². The fourth-order valence-electron chi connectivity index (χ4n) is 1.76. The summed E-state index contributed by atoms with van der Waals surface area (Å²) in [4.78, 5) is 11.9. The maximum absolute atomic E-state index is 11.9. The Bertz CT molecular complexity index is 351. The SMILES string of the molecule is Cc1cc(C)n(C(=O)C2CCCO2)n1. The third kappa shape index (κ3) is 1.57. The molecule has 2 heterocycles. The second-order valence-corrected chi connectivity index (χ2v) is 3.68. The van der Waals surface area contributed by atoms with E-state index in [0.717, 1.165) is 24.2 Å². The molecule has 0 radical (unpaired) electrons. The van der Waals surface area contributed by atoms with Gasteiger partial charge in [0.2, 0.25) is 0 Å². The van der Waals surface area contributed by atoms with E-state index in [0.29, 0.717) is 6.61 Å². The third-order valence-corrected chi connectivity index (χ3v) is 2.42. The van der Waals surface area contributed by atoms with Crippen LogP contribution in [0.25, 0.3) is 0 Å². The fourth-order valence-corrected chi connectivity index (χ4v) is 1.76. The van der Waals surface area contributed by atoms with Gasteiger partial charge in [-0.3, -0.25) is 4.79 Å². The second-order valence-electron chi connectivity index (χ2n) is 3.68. The van der Waals surface area contributed by atoms with Crippen LogP contribution < -0.4 is 0 Å². The largest absolute Gasteiger partial charge is 0.368 e. The van der Waals surface area contributed by atoms with Crippen LogP contribution in [0.5, 0.6) is 0 Å². The molecule has 1 aliphatic heterocycles. The van der Waals surface area contributed by atoms with Gasteiger partial charge in [-0.15, -0.1) is 0 Å². The Balaban J connectivity index is 2.21. The van der Waals surface area contributed by atoms with Crippen LogP contribution >= 0.6 is 0 Å². The van der Waals surface area contributed by atoms with E-state index in [2.05, 4.69) is 5.10 Å². The molecule has 4 heteroatoms. The topological polar surface area (TPSA) is 44.1 Å². The smallest absolute Gasteiger partial charge is 0.276 e. The summed E-state index contributed by atoms with van der Waals surface area (Å²) in [6.07, 6.45) is 1.50. The van der Waals surface area contributed by atoms with Crippen LogP contribution in [0, 0.1) is 13.8 Å². The van der Waals surface area contributed by atoms with Crippen molar-refractivity contribution in [2.75, 3.05) is 6.61 Å². The number of carbonyl (C=O) groups excluding carboxylic acids is 1. The van der Waals surface area contributed by atoms with Gasteiger partial charge in [0.1, 0.15) is 6.10 Å². The molecule has 76 valence electrons. The minimum Gasteiger partial charge on any atom is -0.368 e. The Morgan fingerprint density at radius 1 is 1.64 bits per heavy atom. The van der Waals surface area contributed by atoms with E-state index >= 15 is 0 Å². The Morgan fingerprint density at radius 3 is 2.93 bits per heavy atom. The first kappa shape index (κ1) is 9.40. The molecule has 0 aromatic carbocycles. The first-order valence-electron chi connectivity index (χ1n) is 4.87. The summed E-state index contributed by atoms with van der Waals surface area (Å²) < 4.78 is 6.77. The van der Waals surface area contributed by atoms with E-state index in [1.54, 1.807) is 0 Å². The average Bonchev–Trinajstić information content (AvgIpc) is 2.73. The number of hydrogen-bond donors (Lipinski definition) is 0. The monoisotopic (exact) mass is 194 g/mol. The molecule has 4 nitrogen and oxygen atoms in total. The molecule has 0 amide bonds. The second kappa shape index (κ2) is 3.53. The van der Waals surface area contributed by atoms with Gasteiger partial charge in [0.25, 0.3) is 5.91 Å². The number of carbonyl (C=O) groups is 1. The quantitative estimate of drug-likeness (QED) is 0.677. The molecule has 1 aliphatic rings. The van der Waals surface area contributed by atoms with Crippen LogP contribution in [0.3, 0.4) is 0 Å². The van der Waals surface area contributed by atoms with E-state index in [4.69, 9.17) is 4.74 Å². The molecular weight excluding hydrogens is 180 g/mol. The van der Waals surface area contributed by atoms with Gasteiger partial charge < -0.3 is 4.74 Å². The lowest BCUT2D eigenvalue weighted by Gasteiger charge is -2.08. The van der Waals surface area contributed by atoms with E-state index in [1.165, 1.54) is 4.68 Å². The third-order valence-electron chi connectivity index (χ3n) is 2.42. The van der Waals surface area contributed by atoms with Crippen molar-refractivity contribution in [3.05, 3.63) is 17.5 Å². The van der Waals surface area contributed by atoms with Crippen molar-refractivity contribution >= 4 is 5.91 Å². The van der Waals surface area contributed by atoms with Crippen molar-refractivity contribution in [1.82, 2.24) is 9.78 Å². The first-order chi connectivity index (χ1) is 6.68. The molecule has 14 heavy (non-hydrogen) atoms.